The molecule has 0 unspecified atom stereocenters. The zero-order chi connectivity index (χ0) is 23.8. The van der Waals surface area contributed by atoms with E-state index in [0.717, 1.165) is 0 Å². The van der Waals surface area contributed by atoms with E-state index in [1.165, 1.54) is 78.5 Å². The maximum Gasteiger partial charge on any atom is 0.0595 e. The highest BCUT2D eigenvalue weighted by Gasteiger charge is 2.27. The van der Waals surface area contributed by atoms with Gasteiger partial charge in [-0.15, -0.1) is 0 Å². The van der Waals surface area contributed by atoms with Crippen molar-refractivity contribution in [2.75, 3.05) is 78.5 Å². The Morgan fingerprint density at radius 2 is 0.438 bits per heavy atom. The van der Waals surface area contributed by atoms with Crippen LogP contribution in [0.4, 0.5) is 0 Å². The molecule has 2 aliphatic heterocycles. The van der Waals surface area contributed by atoms with Gasteiger partial charge in [0, 0.05) is 103 Å². The fourth-order valence-corrected chi connectivity index (χ4v) is 5.26. The molecule has 2 fully saturated rings. The Labute approximate surface area is 200 Å². The van der Waals surface area contributed by atoms with Gasteiger partial charge in [-0.05, 0) is 62.3 Å². The lowest BCUT2D eigenvalue weighted by atomic mass is 10.2. The average molecular weight is 453 g/mol. The molecule has 6 nitrogen and oxygen atoms in total. The Balaban J connectivity index is 2.14. The molecule has 2 heterocycles. The van der Waals surface area contributed by atoms with Gasteiger partial charge in [0.1, 0.15) is 0 Å². The van der Waals surface area contributed by atoms with Gasteiger partial charge >= 0.3 is 0 Å². The Morgan fingerprint density at radius 1 is 0.281 bits per heavy atom. The van der Waals surface area contributed by atoms with E-state index >= 15 is 0 Å². The van der Waals surface area contributed by atoms with Crippen molar-refractivity contribution >= 4 is 0 Å². The maximum atomic E-state index is 2.77. The van der Waals surface area contributed by atoms with Crippen LogP contribution in [-0.4, -0.2) is 138 Å². The lowest BCUT2D eigenvalue weighted by Gasteiger charge is -2.40. The van der Waals surface area contributed by atoms with Crippen molar-refractivity contribution in [2.45, 2.75) is 92.6 Å². The van der Waals surface area contributed by atoms with Gasteiger partial charge in [0.2, 0.25) is 0 Å². The van der Waals surface area contributed by atoms with Gasteiger partial charge < -0.3 is 0 Å². The molecule has 0 saturated carbocycles. The Morgan fingerprint density at radius 3 is 0.594 bits per heavy atom. The van der Waals surface area contributed by atoms with Crippen LogP contribution in [0.3, 0.4) is 0 Å². The van der Waals surface area contributed by atoms with E-state index in [2.05, 4.69) is 91.7 Å². The third-order valence-corrected chi connectivity index (χ3v) is 8.02. The van der Waals surface area contributed by atoms with Gasteiger partial charge in [-0.3, -0.25) is 29.4 Å². The lowest BCUT2D eigenvalue weighted by molar-refractivity contribution is 0.0341. The highest BCUT2D eigenvalue weighted by atomic mass is 15.4. The molecule has 0 aromatic rings. The molecule has 0 aromatic heterocycles. The van der Waals surface area contributed by atoms with Crippen LogP contribution in [0, 0.1) is 0 Å². The minimum atomic E-state index is 0.484. The first-order valence-electron chi connectivity index (χ1n) is 13.5. The average Bonchev–Trinajstić information content (AvgIpc) is 2.90. The molecule has 2 saturated heterocycles. The molecule has 0 atom stereocenters. The summed E-state index contributed by atoms with van der Waals surface area (Å²) in [6.07, 6.45) is 0.484. The van der Waals surface area contributed by atoms with Crippen LogP contribution in [0.15, 0.2) is 0 Å². The molecule has 0 spiro atoms. The molecular formula is C26H56N6. The minimum Gasteiger partial charge on any atom is -0.298 e. The van der Waals surface area contributed by atoms with Crippen LogP contribution in [0.25, 0.3) is 0 Å². The van der Waals surface area contributed by atoms with Gasteiger partial charge in [-0.25, -0.2) is 0 Å². The standard InChI is InChI=1S/C26H56N6/c1-22(2)27-10-11-28(23(3)4)15-19-31(18-14-27)26(9)32-20-16-29(24(5)6)12-13-30(17-21-32)25(7)8/h22-26H,10-21H2,1-9H3. The largest absolute Gasteiger partial charge is 0.298 e. The highest BCUT2D eigenvalue weighted by Crippen LogP contribution is 2.14. The number of hydrogen-bond acceptors (Lipinski definition) is 6. The van der Waals surface area contributed by atoms with Crippen LogP contribution in [-0.2, 0) is 0 Å². The maximum absolute atomic E-state index is 2.77. The SMILES string of the molecule is CC(C)N1CCN(C(C)C)CCN(C(C)N2CCN(C(C)C)CCN(C(C)C)CC2)CC1. The van der Waals surface area contributed by atoms with Crippen LogP contribution in [0.5, 0.6) is 0 Å². The van der Waals surface area contributed by atoms with Crippen molar-refractivity contribution in [3.05, 3.63) is 0 Å². The predicted octanol–water partition coefficient (Wildman–Crippen LogP) is 2.81. The summed E-state index contributed by atoms with van der Waals surface area (Å²) in [5.41, 5.74) is 0. The van der Waals surface area contributed by atoms with E-state index < -0.39 is 0 Å². The van der Waals surface area contributed by atoms with Gasteiger partial charge in [0.05, 0.1) is 6.17 Å². The topological polar surface area (TPSA) is 19.4 Å². The smallest absolute Gasteiger partial charge is 0.0595 e. The minimum absolute atomic E-state index is 0.484. The zero-order valence-electron chi connectivity index (χ0n) is 23.1. The Hall–Kier alpha value is -0.240. The van der Waals surface area contributed by atoms with Crippen molar-refractivity contribution < 1.29 is 0 Å². The summed E-state index contributed by atoms with van der Waals surface area (Å²) in [4.78, 5) is 16.3. The molecule has 2 rings (SSSR count). The van der Waals surface area contributed by atoms with Gasteiger partial charge in [-0.1, -0.05) is 0 Å². The van der Waals surface area contributed by atoms with E-state index in [0.29, 0.717) is 30.3 Å². The van der Waals surface area contributed by atoms with E-state index in [9.17, 15) is 0 Å². The van der Waals surface area contributed by atoms with E-state index in [4.69, 9.17) is 0 Å². The first kappa shape index (κ1) is 28.0. The molecule has 2 aliphatic rings. The second-order valence-electron chi connectivity index (χ2n) is 11.2. The third kappa shape index (κ3) is 8.52. The summed E-state index contributed by atoms with van der Waals surface area (Å²) in [5, 5.41) is 0. The summed E-state index contributed by atoms with van der Waals surface area (Å²) in [6, 6.07) is 2.46. The predicted molar refractivity (Wildman–Crippen MR) is 139 cm³/mol. The quantitative estimate of drug-likeness (QED) is 0.613. The zero-order valence-corrected chi connectivity index (χ0v) is 23.1. The fourth-order valence-electron chi connectivity index (χ4n) is 5.26. The highest BCUT2D eigenvalue weighted by molar-refractivity contribution is 4.81. The second-order valence-corrected chi connectivity index (χ2v) is 11.2. The molecule has 0 radical (unpaired) electrons. The van der Waals surface area contributed by atoms with E-state index in [1.807, 2.05) is 0 Å². The van der Waals surface area contributed by atoms with Crippen LogP contribution in [0.1, 0.15) is 62.3 Å². The second kappa shape index (κ2) is 13.6. The summed E-state index contributed by atoms with van der Waals surface area (Å²) >= 11 is 0. The van der Waals surface area contributed by atoms with Gasteiger partial charge in [0.15, 0.2) is 0 Å². The fraction of sp³-hybridized carbons (Fsp3) is 1.00. The molecule has 0 N–H and O–H groups in total. The molecular weight excluding hydrogens is 396 g/mol. The van der Waals surface area contributed by atoms with Crippen molar-refractivity contribution in [1.82, 2.24) is 29.4 Å². The van der Waals surface area contributed by atoms with Gasteiger partial charge in [-0.2, -0.15) is 0 Å². The van der Waals surface area contributed by atoms with Crippen LogP contribution < -0.4 is 0 Å². The molecule has 190 valence electrons. The van der Waals surface area contributed by atoms with Crippen LogP contribution in [0.2, 0.25) is 0 Å². The van der Waals surface area contributed by atoms with Crippen molar-refractivity contribution in [1.29, 1.82) is 0 Å². The number of hydrogen-bond donors (Lipinski definition) is 0. The monoisotopic (exact) mass is 452 g/mol. The molecule has 0 aromatic carbocycles. The summed E-state index contributed by atoms with van der Waals surface area (Å²) in [6.45, 7) is 35.5. The summed E-state index contributed by atoms with van der Waals surface area (Å²) in [5.74, 6) is 0. The summed E-state index contributed by atoms with van der Waals surface area (Å²) < 4.78 is 0. The molecule has 6 heteroatoms. The first-order chi connectivity index (χ1) is 15.1. The van der Waals surface area contributed by atoms with Crippen molar-refractivity contribution in [2.24, 2.45) is 0 Å². The molecule has 32 heavy (non-hydrogen) atoms. The van der Waals surface area contributed by atoms with Gasteiger partial charge in [0.25, 0.3) is 0 Å². The van der Waals surface area contributed by atoms with E-state index in [1.54, 1.807) is 0 Å². The van der Waals surface area contributed by atoms with E-state index in [-0.39, 0.29) is 0 Å². The third-order valence-electron chi connectivity index (χ3n) is 8.02. The Bertz CT molecular complexity index is 425. The number of rotatable bonds is 6. The molecule has 0 amide bonds. The lowest BCUT2D eigenvalue weighted by Crippen LogP contribution is -2.53. The first-order valence-corrected chi connectivity index (χ1v) is 13.5. The normalized spacial score (nSPS) is 24.2. The molecule has 0 bridgehead atoms. The molecule has 0 aliphatic carbocycles. The number of nitrogens with zero attached hydrogens (tertiary/aromatic N) is 6. The Kier molecular flexibility index (Phi) is 11.9. The van der Waals surface area contributed by atoms with Crippen LogP contribution >= 0.6 is 0 Å². The van der Waals surface area contributed by atoms with Crippen molar-refractivity contribution in [3.63, 3.8) is 0 Å². The van der Waals surface area contributed by atoms with Crippen molar-refractivity contribution in [3.8, 4) is 0 Å². The summed E-state index contributed by atoms with van der Waals surface area (Å²) in [7, 11) is 0.